The van der Waals surface area contributed by atoms with Gasteiger partial charge in [-0.2, -0.15) is 0 Å². The Morgan fingerprint density at radius 3 is 2.47 bits per heavy atom. The summed E-state index contributed by atoms with van der Waals surface area (Å²) in [6.45, 7) is 3.89. The zero-order valence-electron chi connectivity index (χ0n) is 10.3. The first-order valence-corrected chi connectivity index (χ1v) is 5.42. The maximum absolute atomic E-state index is 10.8. The van der Waals surface area contributed by atoms with E-state index in [9.17, 15) is 9.90 Å². The molecule has 86 valence electrons. The monoisotopic (exact) mass is 242 g/mol. The van der Waals surface area contributed by atoms with Crippen LogP contribution >= 0.6 is 0 Å². The first-order valence-electron chi connectivity index (χ1n) is 5.42. The van der Waals surface area contributed by atoms with Crippen molar-refractivity contribution in [3.63, 3.8) is 0 Å². The maximum Gasteiger partial charge on any atom is 1.00 e. The van der Waals surface area contributed by atoms with Gasteiger partial charge in [-0.1, -0.05) is 12.1 Å². The van der Waals surface area contributed by atoms with E-state index in [0.717, 1.165) is 31.9 Å². The summed E-state index contributed by atoms with van der Waals surface area (Å²) in [5.74, 6) is -1.11. The van der Waals surface area contributed by atoms with E-state index in [1.54, 1.807) is 18.2 Å². The topological polar surface area (TPSA) is 46.6 Å². The quantitative estimate of drug-likeness (QED) is 0.513. The van der Waals surface area contributed by atoms with Crippen LogP contribution in [-0.4, -0.2) is 44.1 Å². The molecule has 0 saturated carbocycles. The van der Waals surface area contributed by atoms with Gasteiger partial charge in [0, 0.05) is 31.9 Å². The van der Waals surface area contributed by atoms with E-state index in [-0.39, 0.29) is 35.1 Å². The molecule has 1 fully saturated rings. The number of carbonyl (C=O) groups is 1. The molecular formula is C12H15N2NaO2. The molecule has 0 aromatic heterocycles. The third-order valence-electron chi connectivity index (χ3n) is 2.95. The molecule has 2 rings (SSSR count). The number of nitrogens with zero attached hydrogens (tertiary/aromatic N) is 2. The number of carboxylic acids is 1. The minimum absolute atomic E-state index is 0. The van der Waals surface area contributed by atoms with Gasteiger partial charge in [0.05, 0.1) is 5.97 Å². The number of carboxylic acid groups (broad SMARTS) is 1. The molecule has 0 bridgehead atoms. The first-order chi connectivity index (χ1) is 7.66. The van der Waals surface area contributed by atoms with E-state index in [0.29, 0.717) is 0 Å². The van der Waals surface area contributed by atoms with Crippen LogP contribution in [0.2, 0.25) is 0 Å². The van der Waals surface area contributed by atoms with Crippen LogP contribution in [0.5, 0.6) is 0 Å². The molecule has 1 aliphatic rings. The Labute approximate surface area is 124 Å². The van der Waals surface area contributed by atoms with Crippen molar-refractivity contribution in [2.75, 3.05) is 38.1 Å². The van der Waals surface area contributed by atoms with Crippen molar-refractivity contribution in [2.24, 2.45) is 0 Å². The number of rotatable bonds is 2. The van der Waals surface area contributed by atoms with Crippen LogP contribution in [0, 0.1) is 0 Å². The van der Waals surface area contributed by atoms with Gasteiger partial charge in [-0.25, -0.2) is 0 Å². The number of carbonyl (C=O) groups excluding carboxylic acids is 1. The van der Waals surface area contributed by atoms with E-state index >= 15 is 0 Å². The molecular weight excluding hydrogens is 227 g/mol. The summed E-state index contributed by atoms with van der Waals surface area (Å²) >= 11 is 0. The van der Waals surface area contributed by atoms with Crippen LogP contribution in [-0.2, 0) is 0 Å². The van der Waals surface area contributed by atoms with Crippen molar-refractivity contribution in [2.45, 2.75) is 0 Å². The smallest absolute Gasteiger partial charge is 0.545 e. The summed E-state index contributed by atoms with van der Waals surface area (Å²) in [5.41, 5.74) is 1.21. The second kappa shape index (κ2) is 6.40. The van der Waals surface area contributed by atoms with Crippen molar-refractivity contribution in [1.29, 1.82) is 0 Å². The van der Waals surface area contributed by atoms with Gasteiger partial charge >= 0.3 is 29.6 Å². The molecule has 0 amide bonds. The standard InChI is InChI=1S/C12H16N2O2.Na/c1-13-5-7-14(8-6-13)11-4-2-3-10(9-11)12(15)16;/h2-4,9H,5-8H2,1H3,(H,15,16);/q;+1/p-1. The van der Waals surface area contributed by atoms with Crippen molar-refractivity contribution < 1.29 is 39.5 Å². The Kier molecular flexibility index (Phi) is 5.46. The number of likely N-dealkylation sites (N-methyl/N-ethyl adjacent to an activating group) is 1. The largest absolute Gasteiger partial charge is 1.00 e. The third-order valence-corrected chi connectivity index (χ3v) is 2.95. The fourth-order valence-corrected chi connectivity index (χ4v) is 1.89. The Hall–Kier alpha value is -0.550. The number of hydrogen-bond acceptors (Lipinski definition) is 4. The van der Waals surface area contributed by atoms with Crippen molar-refractivity contribution in [3.05, 3.63) is 29.8 Å². The predicted molar refractivity (Wildman–Crippen MR) is 60.5 cm³/mol. The number of hydrogen-bond donors (Lipinski definition) is 0. The van der Waals surface area contributed by atoms with Gasteiger partial charge in [-0.15, -0.1) is 0 Å². The van der Waals surface area contributed by atoms with Crippen LogP contribution in [0.25, 0.3) is 0 Å². The Balaban J connectivity index is 0.00000144. The maximum atomic E-state index is 10.8. The molecule has 1 aliphatic heterocycles. The molecule has 1 saturated heterocycles. The molecule has 1 aromatic carbocycles. The van der Waals surface area contributed by atoms with Crippen molar-refractivity contribution >= 4 is 11.7 Å². The van der Waals surface area contributed by atoms with Crippen LogP contribution < -0.4 is 39.6 Å². The number of aromatic carboxylic acids is 1. The minimum Gasteiger partial charge on any atom is -0.545 e. The molecule has 0 radical (unpaired) electrons. The van der Waals surface area contributed by atoms with Crippen molar-refractivity contribution in [1.82, 2.24) is 4.90 Å². The molecule has 4 nitrogen and oxygen atoms in total. The Morgan fingerprint density at radius 1 is 1.24 bits per heavy atom. The molecule has 0 aliphatic carbocycles. The fraction of sp³-hybridized carbons (Fsp3) is 0.417. The summed E-state index contributed by atoms with van der Waals surface area (Å²) in [5, 5.41) is 10.8. The summed E-state index contributed by atoms with van der Waals surface area (Å²) < 4.78 is 0. The Morgan fingerprint density at radius 2 is 1.88 bits per heavy atom. The molecule has 17 heavy (non-hydrogen) atoms. The zero-order chi connectivity index (χ0) is 11.5. The minimum atomic E-state index is -1.11. The second-order valence-corrected chi connectivity index (χ2v) is 4.13. The normalized spacial score (nSPS) is 16.4. The zero-order valence-corrected chi connectivity index (χ0v) is 12.3. The second-order valence-electron chi connectivity index (χ2n) is 4.13. The van der Waals surface area contributed by atoms with Crippen LogP contribution in [0.1, 0.15) is 10.4 Å². The number of benzene rings is 1. The molecule has 1 heterocycles. The molecule has 0 unspecified atom stereocenters. The molecule has 1 aromatic rings. The van der Waals surface area contributed by atoms with Gasteiger partial charge in [0.25, 0.3) is 0 Å². The average Bonchev–Trinajstić information content (AvgIpc) is 2.30. The van der Waals surface area contributed by atoms with Crippen LogP contribution in [0.15, 0.2) is 24.3 Å². The van der Waals surface area contributed by atoms with Gasteiger partial charge in [-0.3, -0.25) is 0 Å². The summed E-state index contributed by atoms with van der Waals surface area (Å²) in [7, 11) is 2.09. The number of anilines is 1. The first kappa shape index (κ1) is 14.5. The van der Waals surface area contributed by atoms with Gasteiger partial charge in [0.2, 0.25) is 0 Å². The van der Waals surface area contributed by atoms with Gasteiger partial charge in [-0.05, 0) is 24.7 Å². The predicted octanol–water partition coefficient (Wildman–Crippen LogP) is -3.19. The molecule has 0 spiro atoms. The summed E-state index contributed by atoms with van der Waals surface area (Å²) in [4.78, 5) is 15.2. The van der Waals surface area contributed by atoms with E-state index in [1.807, 2.05) is 6.07 Å². The van der Waals surface area contributed by atoms with Gasteiger partial charge in [0.1, 0.15) is 0 Å². The van der Waals surface area contributed by atoms with Crippen molar-refractivity contribution in [3.8, 4) is 0 Å². The third kappa shape index (κ3) is 3.71. The van der Waals surface area contributed by atoms with E-state index in [1.165, 1.54) is 0 Å². The molecule has 5 heteroatoms. The Bertz CT molecular complexity index is 390. The molecule has 0 N–H and O–H groups in total. The van der Waals surface area contributed by atoms with E-state index in [4.69, 9.17) is 0 Å². The van der Waals surface area contributed by atoms with E-state index in [2.05, 4.69) is 16.8 Å². The SMILES string of the molecule is CN1CCN(c2cccc(C(=O)[O-])c2)CC1.[Na+]. The summed E-state index contributed by atoms with van der Waals surface area (Å²) in [6, 6.07) is 6.95. The van der Waals surface area contributed by atoms with Gasteiger partial charge in [0.15, 0.2) is 0 Å². The molecule has 0 atom stereocenters. The fourth-order valence-electron chi connectivity index (χ4n) is 1.89. The van der Waals surface area contributed by atoms with Gasteiger partial charge < -0.3 is 19.7 Å². The summed E-state index contributed by atoms with van der Waals surface area (Å²) in [6.07, 6.45) is 0. The van der Waals surface area contributed by atoms with Crippen LogP contribution in [0.4, 0.5) is 5.69 Å². The van der Waals surface area contributed by atoms with E-state index < -0.39 is 5.97 Å². The number of piperazine rings is 1. The van der Waals surface area contributed by atoms with Crippen LogP contribution in [0.3, 0.4) is 0 Å². The average molecular weight is 242 g/mol.